The Morgan fingerprint density at radius 1 is 1.04 bits per heavy atom. The van der Waals surface area contributed by atoms with Gasteiger partial charge in [-0.3, -0.25) is 34.3 Å². The van der Waals surface area contributed by atoms with E-state index in [4.69, 9.17) is 9.47 Å². The first kappa shape index (κ1) is 53.2. The van der Waals surface area contributed by atoms with Crippen LogP contribution in [0.1, 0.15) is 125 Å². The zero-order valence-electron chi connectivity index (χ0n) is 39.4. The first-order valence-electron chi connectivity index (χ1n) is 23.1. The summed E-state index contributed by atoms with van der Waals surface area (Å²) in [6.07, 6.45) is 4.54. The average Bonchev–Trinajstić information content (AvgIpc) is 3.81. The number of likely N-dealkylation sites (N-methyl/N-ethyl adjacent to an activating group) is 1. The number of thiazole rings is 1. The summed E-state index contributed by atoms with van der Waals surface area (Å²) in [5.41, 5.74) is 5.80. The van der Waals surface area contributed by atoms with Crippen molar-refractivity contribution in [3.05, 3.63) is 75.6 Å². The fraction of sp³-hybridized carbons (Fsp3) is 0.574. The van der Waals surface area contributed by atoms with Crippen LogP contribution in [-0.2, 0) is 35.1 Å². The van der Waals surface area contributed by atoms with Gasteiger partial charge in [-0.25, -0.2) is 24.6 Å². The van der Waals surface area contributed by atoms with Crippen molar-refractivity contribution >= 4 is 68.6 Å². The van der Waals surface area contributed by atoms with E-state index in [0.717, 1.165) is 42.2 Å². The van der Waals surface area contributed by atoms with Crippen LogP contribution < -0.4 is 21.5 Å². The molecule has 0 spiro atoms. The smallest absolute Gasteiger partial charge is 0.426 e. The van der Waals surface area contributed by atoms with Crippen molar-refractivity contribution in [3.63, 3.8) is 0 Å². The normalized spacial score (nSPS) is 18.9. The van der Waals surface area contributed by atoms with Crippen LogP contribution in [-0.4, -0.2) is 112 Å². The molecule has 3 heterocycles. The largest absolute Gasteiger partial charge is 0.455 e. The number of piperidine rings is 1. The molecule has 0 radical (unpaired) electrons. The molecule has 1 fully saturated rings. The van der Waals surface area contributed by atoms with Gasteiger partial charge in [-0.1, -0.05) is 70.4 Å². The van der Waals surface area contributed by atoms with Gasteiger partial charge in [-0.2, -0.15) is 0 Å². The second-order valence-corrected chi connectivity index (χ2v) is 20.8. The molecule has 1 aliphatic carbocycles. The lowest BCUT2D eigenvalue weighted by Crippen LogP contribution is -2.58. The number of amides is 5. The minimum atomic E-state index is -0.932. The lowest BCUT2D eigenvalue weighted by atomic mass is 9.79. The van der Waals surface area contributed by atoms with E-state index in [9.17, 15) is 33.2 Å². The van der Waals surface area contributed by atoms with Crippen molar-refractivity contribution in [1.82, 2.24) is 41.3 Å². The van der Waals surface area contributed by atoms with Crippen molar-refractivity contribution in [3.8, 4) is 0 Å². The predicted molar refractivity (Wildman–Crippen MR) is 257 cm³/mol. The highest BCUT2D eigenvalue weighted by molar-refractivity contribution is 8.76. The Labute approximate surface area is 404 Å². The standard InChI is InChI=1S/C47H65FN8O8S3/c1-8-19-56(46(61)41(29(5)9-2)52-44(60)37-14-11-13-20-55(37)7)38(28(3)4)26-39(64-30(6)57)45-51-36(27-65-45)43(59)50-33-23-31-16-17-32(48)24-34(31)35(25-33)42(58)53-54-47(62)63-21-22-66-67-40-15-10-12-18-49-40/h10,12,15-18,24,27-29,33,35,37-39,41H,8-9,11,13-14,19-23,25-26H2,1-7H3,(H,50,59)(H,52,60)(H,53,58)(H,54,62)/t29-,33?,35+,37+,38+,39+,41-/m0/s1. The number of pyridine rings is 1. The molecule has 1 unspecified atom stereocenters. The van der Waals surface area contributed by atoms with Crippen molar-refractivity contribution in [2.24, 2.45) is 11.8 Å². The number of likely N-dealkylation sites (tertiary alicyclic amines) is 1. The summed E-state index contributed by atoms with van der Waals surface area (Å²) in [7, 11) is 4.84. The topological polar surface area (TPSA) is 201 Å². The van der Waals surface area contributed by atoms with Gasteiger partial charge in [0, 0.05) is 49.3 Å². The Morgan fingerprint density at radius 3 is 2.52 bits per heavy atom. The van der Waals surface area contributed by atoms with Gasteiger partial charge < -0.3 is 25.0 Å². The maximum atomic E-state index is 14.7. The number of aromatic nitrogens is 2. The average molecular weight is 985 g/mol. The minimum Gasteiger partial charge on any atom is -0.455 e. The molecule has 16 nitrogen and oxygen atoms in total. The number of esters is 1. The fourth-order valence-electron chi connectivity index (χ4n) is 8.47. The summed E-state index contributed by atoms with van der Waals surface area (Å²) in [5, 5.41) is 8.87. The van der Waals surface area contributed by atoms with Gasteiger partial charge in [0.05, 0.1) is 12.0 Å². The summed E-state index contributed by atoms with van der Waals surface area (Å²) in [5.74, 6) is -3.27. The highest BCUT2D eigenvalue weighted by Gasteiger charge is 2.39. The Morgan fingerprint density at radius 2 is 1.84 bits per heavy atom. The number of hydrazine groups is 1. The molecule has 2 aliphatic rings. The van der Waals surface area contributed by atoms with Gasteiger partial charge in [0.1, 0.15) is 34.2 Å². The first-order chi connectivity index (χ1) is 32.1. The van der Waals surface area contributed by atoms with E-state index in [1.165, 1.54) is 40.6 Å². The summed E-state index contributed by atoms with van der Waals surface area (Å²) in [4.78, 5) is 93.5. The quantitative estimate of drug-likeness (QED) is 0.0369. The van der Waals surface area contributed by atoms with Crippen LogP contribution in [0.15, 0.2) is 53.0 Å². The van der Waals surface area contributed by atoms with E-state index in [1.54, 1.807) is 17.6 Å². The summed E-state index contributed by atoms with van der Waals surface area (Å²) >= 11 is 1.15. The van der Waals surface area contributed by atoms with Crippen LogP contribution in [0.25, 0.3) is 0 Å². The molecule has 0 saturated carbocycles. The molecule has 67 heavy (non-hydrogen) atoms. The number of rotatable bonds is 21. The zero-order chi connectivity index (χ0) is 48.6. The summed E-state index contributed by atoms with van der Waals surface area (Å²) in [6.45, 7) is 12.6. The highest BCUT2D eigenvalue weighted by atomic mass is 33.1. The van der Waals surface area contributed by atoms with Crippen LogP contribution in [0.5, 0.6) is 0 Å². The van der Waals surface area contributed by atoms with Crippen LogP contribution in [0.4, 0.5) is 9.18 Å². The summed E-state index contributed by atoms with van der Waals surface area (Å²) < 4.78 is 25.6. The van der Waals surface area contributed by atoms with Gasteiger partial charge in [0.2, 0.25) is 17.7 Å². The van der Waals surface area contributed by atoms with E-state index in [1.807, 2.05) is 69.7 Å². The van der Waals surface area contributed by atoms with Crippen LogP contribution in [0.2, 0.25) is 0 Å². The van der Waals surface area contributed by atoms with E-state index >= 15 is 0 Å². The maximum absolute atomic E-state index is 14.7. The number of carbonyl (C=O) groups excluding carboxylic acids is 6. The molecule has 366 valence electrons. The number of hydrogen-bond acceptors (Lipinski definition) is 14. The van der Waals surface area contributed by atoms with Crippen molar-refractivity contribution in [1.29, 1.82) is 0 Å². The molecule has 4 N–H and O–H groups in total. The molecule has 5 rings (SSSR count). The second-order valence-electron chi connectivity index (χ2n) is 17.4. The number of halogens is 1. The van der Waals surface area contributed by atoms with Gasteiger partial charge in [0.25, 0.3) is 5.91 Å². The van der Waals surface area contributed by atoms with Gasteiger partial charge >= 0.3 is 12.1 Å². The van der Waals surface area contributed by atoms with Crippen LogP contribution in [0, 0.1) is 17.7 Å². The van der Waals surface area contributed by atoms with Crippen molar-refractivity contribution in [2.75, 3.05) is 32.5 Å². The molecule has 5 amide bonds. The van der Waals surface area contributed by atoms with Crippen molar-refractivity contribution in [2.45, 2.75) is 134 Å². The predicted octanol–water partition coefficient (Wildman–Crippen LogP) is 6.98. The molecule has 1 aliphatic heterocycles. The van der Waals surface area contributed by atoms with Gasteiger partial charge in [-0.05, 0) is 104 Å². The Hall–Kier alpha value is -4.79. The van der Waals surface area contributed by atoms with Crippen LogP contribution in [0.3, 0.4) is 0 Å². The molecule has 1 aromatic carbocycles. The molecule has 7 atom stereocenters. The number of hydrogen-bond donors (Lipinski definition) is 4. The number of benzene rings is 1. The van der Waals surface area contributed by atoms with E-state index in [-0.39, 0.29) is 54.8 Å². The lowest BCUT2D eigenvalue weighted by molar-refractivity contribution is -0.149. The zero-order valence-corrected chi connectivity index (χ0v) is 41.8. The fourth-order valence-corrected chi connectivity index (χ4v) is 11.0. The molecule has 2 aromatic heterocycles. The number of carbonyl (C=O) groups is 6. The van der Waals surface area contributed by atoms with E-state index in [0.29, 0.717) is 47.7 Å². The minimum absolute atomic E-state index is 0.0684. The maximum Gasteiger partial charge on any atom is 0.426 e. The highest BCUT2D eigenvalue weighted by Crippen LogP contribution is 2.35. The molecule has 0 bridgehead atoms. The molecule has 1 saturated heterocycles. The Kier molecular flexibility index (Phi) is 20.7. The third kappa shape index (κ3) is 15.4. The van der Waals surface area contributed by atoms with Gasteiger partial charge in [-0.15, -0.1) is 11.3 Å². The van der Waals surface area contributed by atoms with Gasteiger partial charge in [0.15, 0.2) is 6.10 Å². The SMILES string of the molecule is CCCN(C(=O)[C@@H](NC(=O)[C@H]1CCCCN1C)[C@@H](C)CC)[C@H](C[C@@H](OC(C)=O)c1nc(C(=O)NC2Cc3ccc(F)cc3[C@H](C(=O)NNC(=O)OCCSSc3ccccn3)C2)cs1)C(C)C. The Bertz CT molecular complexity index is 2150. The third-order valence-corrected chi connectivity index (χ3v) is 15.3. The van der Waals surface area contributed by atoms with E-state index in [2.05, 4.69) is 31.5 Å². The van der Waals surface area contributed by atoms with Crippen LogP contribution >= 0.6 is 32.9 Å². The number of nitrogens with one attached hydrogen (secondary N) is 4. The summed E-state index contributed by atoms with van der Waals surface area (Å²) in [6, 6.07) is 7.65. The monoisotopic (exact) mass is 984 g/mol. The molecule has 3 aromatic rings. The number of ether oxygens (including phenoxy) is 2. The second kappa shape index (κ2) is 26.1. The lowest BCUT2D eigenvalue weighted by Gasteiger charge is -2.40. The van der Waals surface area contributed by atoms with E-state index < -0.39 is 59.8 Å². The van der Waals surface area contributed by atoms with Crippen molar-refractivity contribution < 1.29 is 42.6 Å². The number of nitrogens with zero attached hydrogens (tertiary/aromatic N) is 4. The molecule has 20 heteroatoms. The Balaban J connectivity index is 1.25. The third-order valence-electron chi connectivity index (χ3n) is 12.2. The molecular formula is C47H65FN8O8S3. The molecular weight excluding hydrogens is 920 g/mol. The first-order valence-corrected chi connectivity index (χ1v) is 26.3. The number of fused-ring (bicyclic) bond motifs is 1.